The van der Waals surface area contributed by atoms with Crippen LogP contribution in [0, 0.1) is 0 Å². The summed E-state index contributed by atoms with van der Waals surface area (Å²) in [4.78, 5) is 12.0. The summed E-state index contributed by atoms with van der Waals surface area (Å²) in [6.07, 6.45) is 3.54. The van der Waals surface area contributed by atoms with Crippen molar-refractivity contribution in [2.45, 2.75) is 26.3 Å². The van der Waals surface area contributed by atoms with Crippen molar-refractivity contribution in [1.29, 1.82) is 0 Å². The Labute approximate surface area is 106 Å². The van der Waals surface area contributed by atoms with Gasteiger partial charge in [0.1, 0.15) is 0 Å². The van der Waals surface area contributed by atoms with Crippen LogP contribution in [0.4, 0.5) is 0 Å². The molecule has 4 nitrogen and oxygen atoms in total. The molecule has 4 heteroatoms. The van der Waals surface area contributed by atoms with Crippen LogP contribution in [0.25, 0.3) is 11.1 Å². The second-order valence-electron chi connectivity index (χ2n) is 5.27. The highest BCUT2D eigenvalue weighted by Crippen LogP contribution is 2.19. The molecule has 18 heavy (non-hydrogen) atoms. The van der Waals surface area contributed by atoms with Gasteiger partial charge in [0.25, 0.3) is 5.91 Å². The predicted octanol–water partition coefficient (Wildman–Crippen LogP) is 2.61. The van der Waals surface area contributed by atoms with Crippen molar-refractivity contribution >= 4 is 5.91 Å². The quantitative estimate of drug-likeness (QED) is 0.851. The number of amides is 1. The Morgan fingerprint density at radius 3 is 2.67 bits per heavy atom. The first-order valence-electron chi connectivity index (χ1n) is 5.87. The number of nitrogens with one attached hydrogen (secondary N) is 2. The second-order valence-corrected chi connectivity index (χ2v) is 5.27. The minimum atomic E-state index is -0.233. The number of H-pyrrole nitrogens is 1. The molecule has 2 aromatic rings. The van der Waals surface area contributed by atoms with Crippen LogP contribution in [0.2, 0.25) is 0 Å². The zero-order valence-electron chi connectivity index (χ0n) is 10.8. The average molecular weight is 243 g/mol. The monoisotopic (exact) mass is 243 g/mol. The third-order valence-electron chi connectivity index (χ3n) is 2.44. The van der Waals surface area contributed by atoms with E-state index in [0.717, 1.165) is 11.1 Å². The van der Waals surface area contributed by atoms with Gasteiger partial charge in [0, 0.05) is 22.9 Å². The van der Waals surface area contributed by atoms with Crippen LogP contribution >= 0.6 is 0 Å². The van der Waals surface area contributed by atoms with E-state index in [0.29, 0.717) is 5.56 Å². The standard InChI is InChI=1S/C14H17N3O/c1-14(2,3)17-13(18)11-6-4-5-10(7-11)12-8-15-16-9-12/h4-9H,1-3H3,(H,15,16)(H,17,18). The third kappa shape index (κ3) is 2.97. The summed E-state index contributed by atoms with van der Waals surface area (Å²) in [6, 6.07) is 7.51. The first-order valence-corrected chi connectivity index (χ1v) is 5.87. The fraction of sp³-hybridized carbons (Fsp3) is 0.286. The van der Waals surface area contributed by atoms with E-state index in [1.807, 2.05) is 45.0 Å². The largest absolute Gasteiger partial charge is 0.347 e. The Morgan fingerprint density at radius 2 is 2.06 bits per heavy atom. The molecule has 94 valence electrons. The van der Waals surface area contributed by atoms with Crippen LogP contribution in [0.15, 0.2) is 36.7 Å². The van der Waals surface area contributed by atoms with E-state index in [1.165, 1.54) is 0 Å². The van der Waals surface area contributed by atoms with Crippen molar-refractivity contribution in [2.75, 3.05) is 0 Å². The fourth-order valence-electron chi connectivity index (χ4n) is 1.66. The van der Waals surface area contributed by atoms with Crippen LogP contribution in [0.5, 0.6) is 0 Å². The zero-order valence-corrected chi connectivity index (χ0v) is 10.8. The highest BCUT2D eigenvalue weighted by Gasteiger charge is 2.15. The Balaban J connectivity index is 2.25. The summed E-state index contributed by atoms with van der Waals surface area (Å²) in [6.45, 7) is 5.89. The molecule has 2 N–H and O–H groups in total. The first kappa shape index (κ1) is 12.4. The van der Waals surface area contributed by atoms with Crippen molar-refractivity contribution < 1.29 is 4.79 Å². The lowest BCUT2D eigenvalue weighted by Crippen LogP contribution is -2.40. The second kappa shape index (κ2) is 4.64. The van der Waals surface area contributed by atoms with Crippen LogP contribution in [-0.2, 0) is 0 Å². The summed E-state index contributed by atoms with van der Waals surface area (Å²) >= 11 is 0. The fourth-order valence-corrected chi connectivity index (χ4v) is 1.66. The van der Waals surface area contributed by atoms with E-state index in [1.54, 1.807) is 12.4 Å². The Hall–Kier alpha value is -2.10. The van der Waals surface area contributed by atoms with E-state index < -0.39 is 0 Å². The van der Waals surface area contributed by atoms with Crippen molar-refractivity contribution in [2.24, 2.45) is 0 Å². The van der Waals surface area contributed by atoms with Crippen LogP contribution in [0.3, 0.4) is 0 Å². The lowest BCUT2D eigenvalue weighted by atomic mass is 10.0. The maximum absolute atomic E-state index is 12.0. The molecule has 1 aromatic carbocycles. The van der Waals surface area contributed by atoms with Crippen molar-refractivity contribution in [1.82, 2.24) is 15.5 Å². The molecule has 0 aliphatic heterocycles. The van der Waals surface area contributed by atoms with Crippen molar-refractivity contribution in [3.8, 4) is 11.1 Å². The molecule has 0 aliphatic rings. The maximum Gasteiger partial charge on any atom is 0.251 e. The summed E-state index contributed by atoms with van der Waals surface area (Å²) in [5, 5.41) is 9.62. The molecule has 0 bridgehead atoms. The molecule has 0 radical (unpaired) electrons. The predicted molar refractivity (Wildman–Crippen MR) is 71.2 cm³/mol. The topological polar surface area (TPSA) is 57.8 Å². The molecule has 0 fully saturated rings. The molecule has 0 saturated heterocycles. The maximum atomic E-state index is 12.0. The molecule has 1 heterocycles. The molecule has 0 aliphatic carbocycles. The summed E-state index contributed by atoms with van der Waals surface area (Å²) in [5.41, 5.74) is 2.37. The van der Waals surface area contributed by atoms with Gasteiger partial charge in [-0.05, 0) is 38.5 Å². The number of hydrogen-bond donors (Lipinski definition) is 2. The number of rotatable bonds is 2. The normalized spacial score (nSPS) is 11.3. The molecule has 1 amide bonds. The summed E-state index contributed by atoms with van der Waals surface area (Å²) < 4.78 is 0. The molecule has 0 spiro atoms. The number of carbonyl (C=O) groups is 1. The number of nitrogens with zero attached hydrogens (tertiary/aromatic N) is 1. The Bertz CT molecular complexity index is 538. The van der Waals surface area contributed by atoms with Gasteiger partial charge in [-0.1, -0.05) is 12.1 Å². The highest BCUT2D eigenvalue weighted by molar-refractivity contribution is 5.95. The molecule has 2 rings (SSSR count). The van der Waals surface area contributed by atoms with E-state index in [4.69, 9.17) is 0 Å². The highest BCUT2D eigenvalue weighted by atomic mass is 16.1. The number of carbonyl (C=O) groups excluding carboxylic acids is 1. The molecule has 1 aromatic heterocycles. The van der Waals surface area contributed by atoms with Gasteiger partial charge in [-0.2, -0.15) is 5.10 Å². The molecule has 0 atom stereocenters. The van der Waals surface area contributed by atoms with Gasteiger partial charge in [-0.3, -0.25) is 9.89 Å². The van der Waals surface area contributed by atoms with Crippen LogP contribution in [0.1, 0.15) is 31.1 Å². The van der Waals surface area contributed by atoms with Crippen molar-refractivity contribution in [3.05, 3.63) is 42.2 Å². The van der Waals surface area contributed by atoms with E-state index in [2.05, 4.69) is 15.5 Å². The molecular weight excluding hydrogens is 226 g/mol. The number of aromatic nitrogens is 2. The van der Waals surface area contributed by atoms with Gasteiger partial charge >= 0.3 is 0 Å². The van der Waals surface area contributed by atoms with E-state index >= 15 is 0 Å². The Kier molecular flexibility index (Phi) is 3.19. The number of hydrogen-bond acceptors (Lipinski definition) is 2. The minimum absolute atomic E-state index is 0.0622. The Morgan fingerprint density at radius 1 is 1.28 bits per heavy atom. The van der Waals surface area contributed by atoms with Gasteiger partial charge in [-0.25, -0.2) is 0 Å². The average Bonchev–Trinajstić information content (AvgIpc) is 2.80. The first-order chi connectivity index (χ1) is 8.46. The van der Waals surface area contributed by atoms with Gasteiger partial charge in [-0.15, -0.1) is 0 Å². The summed E-state index contributed by atoms with van der Waals surface area (Å²) in [7, 11) is 0. The molecule has 0 unspecified atom stereocenters. The van der Waals surface area contributed by atoms with Crippen LogP contribution < -0.4 is 5.32 Å². The van der Waals surface area contributed by atoms with Crippen LogP contribution in [-0.4, -0.2) is 21.6 Å². The van der Waals surface area contributed by atoms with E-state index in [-0.39, 0.29) is 11.4 Å². The molecular formula is C14H17N3O. The zero-order chi connectivity index (χ0) is 13.2. The van der Waals surface area contributed by atoms with E-state index in [9.17, 15) is 4.79 Å². The summed E-state index contributed by atoms with van der Waals surface area (Å²) in [5.74, 6) is -0.0622. The van der Waals surface area contributed by atoms with Crippen molar-refractivity contribution in [3.63, 3.8) is 0 Å². The number of benzene rings is 1. The lowest BCUT2D eigenvalue weighted by Gasteiger charge is -2.20. The van der Waals surface area contributed by atoms with Gasteiger partial charge in [0.05, 0.1) is 6.20 Å². The smallest absolute Gasteiger partial charge is 0.251 e. The lowest BCUT2D eigenvalue weighted by molar-refractivity contribution is 0.0919. The SMILES string of the molecule is CC(C)(C)NC(=O)c1cccc(-c2cn[nH]c2)c1. The van der Waals surface area contributed by atoms with Gasteiger partial charge in [0.15, 0.2) is 0 Å². The minimum Gasteiger partial charge on any atom is -0.347 e. The molecule has 0 saturated carbocycles. The third-order valence-corrected chi connectivity index (χ3v) is 2.44. The van der Waals surface area contributed by atoms with Gasteiger partial charge < -0.3 is 5.32 Å². The number of aromatic amines is 1. The van der Waals surface area contributed by atoms with Gasteiger partial charge in [0.2, 0.25) is 0 Å².